The number of ketones is 1. The fourth-order valence-electron chi connectivity index (χ4n) is 4.67. The minimum Gasteiger partial charge on any atom is -0.508 e. The van der Waals surface area contributed by atoms with E-state index in [9.17, 15) is 23.9 Å². The quantitative estimate of drug-likeness (QED) is 0.362. The number of benzene rings is 2. The first kappa shape index (κ1) is 24.4. The lowest BCUT2D eigenvalue weighted by Gasteiger charge is -2.24. The summed E-state index contributed by atoms with van der Waals surface area (Å²) in [5, 5.41) is 13.2. The molecule has 1 fully saturated rings. The molecule has 8 heteroatoms. The molecule has 2 aromatic carbocycles. The average Bonchev–Trinajstić information content (AvgIpc) is 3.40. The normalized spacial score (nSPS) is 17.6. The Hall–Kier alpha value is -3.68. The van der Waals surface area contributed by atoms with Crippen molar-refractivity contribution in [3.8, 4) is 5.75 Å². The van der Waals surface area contributed by atoms with E-state index in [0.717, 1.165) is 19.3 Å². The monoisotopic (exact) mass is 479 g/mol. The molecule has 1 saturated heterocycles. The predicted octanol–water partition coefficient (Wildman–Crippen LogP) is 3.63. The van der Waals surface area contributed by atoms with Gasteiger partial charge in [-0.3, -0.25) is 14.4 Å². The van der Waals surface area contributed by atoms with E-state index in [-0.39, 0.29) is 37.0 Å². The minimum atomic E-state index is -1.26. The number of nitrogens with one attached hydrogen (secondary N) is 1. The number of hydrogen-bond acceptors (Lipinski definition) is 4. The number of nitrogens with zero attached hydrogens (tertiary/aromatic N) is 2. The van der Waals surface area contributed by atoms with Crippen LogP contribution in [0.3, 0.4) is 0 Å². The minimum absolute atomic E-state index is 0.0180. The van der Waals surface area contributed by atoms with Crippen LogP contribution in [0.5, 0.6) is 5.75 Å². The highest BCUT2D eigenvalue weighted by molar-refractivity contribution is 6.07. The Morgan fingerprint density at radius 2 is 1.89 bits per heavy atom. The summed E-state index contributed by atoms with van der Waals surface area (Å²) in [7, 11) is 0. The van der Waals surface area contributed by atoms with Crippen LogP contribution in [0.25, 0.3) is 10.9 Å². The number of fused-ring (bicyclic) bond motifs is 1. The number of Topliss-reactive ketones (excluding diaryl/α,β-unsaturated/α-hetero) is 1. The number of phenols is 1. The highest BCUT2D eigenvalue weighted by atomic mass is 19.1. The van der Waals surface area contributed by atoms with E-state index in [4.69, 9.17) is 0 Å². The summed E-state index contributed by atoms with van der Waals surface area (Å²) in [6, 6.07) is 13.8. The summed E-state index contributed by atoms with van der Waals surface area (Å²) in [4.78, 5) is 39.2. The van der Waals surface area contributed by atoms with Crippen LogP contribution in [0.1, 0.15) is 42.1 Å². The number of carbonyl (C=O) groups is 3. The van der Waals surface area contributed by atoms with Gasteiger partial charge in [-0.1, -0.05) is 30.3 Å². The van der Waals surface area contributed by atoms with Gasteiger partial charge in [0, 0.05) is 35.6 Å². The van der Waals surface area contributed by atoms with Gasteiger partial charge in [0.2, 0.25) is 11.8 Å². The fourth-order valence-corrected chi connectivity index (χ4v) is 4.67. The number of halogens is 1. The molecule has 0 unspecified atom stereocenters. The number of alkyl halides is 1. The van der Waals surface area contributed by atoms with Crippen molar-refractivity contribution in [1.29, 1.82) is 0 Å². The topological polar surface area (TPSA) is 91.6 Å². The number of carbonyl (C=O) groups excluding carboxylic acids is 3. The molecule has 3 aromatic rings. The van der Waals surface area contributed by atoms with Gasteiger partial charge < -0.3 is 19.9 Å². The molecule has 7 nitrogen and oxygen atoms in total. The van der Waals surface area contributed by atoms with Crippen LogP contribution in [0.2, 0.25) is 0 Å². The standard InChI is InChI=1S/C27H30FN3O4/c1-18(32)23-16-30(24-11-10-21(33)14-22(23)24)17-26(34)31-15-20(28)13-25(31)27(35)29-12-6-5-9-19-7-3-2-4-8-19/h2-4,7-8,10-11,14,16,20,25,33H,5-6,9,12-13,15,17H2,1H3,(H,29,35)/t20-,25+/m1/s1. The van der Waals surface area contributed by atoms with Gasteiger partial charge in [0.1, 0.15) is 24.5 Å². The lowest BCUT2D eigenvalue weighted by Crippen LogP contribution is -2.47. The molecule has 1 aromatic heterocycles. The second kappa shape index (κ2) is 10.7. The molecule has 0 radical (unpaired) electrons. The molecule has 1 aliphatic heterocycles. The van der Waals surface area contributed by atoms with E-state index < -0.39 is 18.1 Å². The molecule has 2 atom stereocenters. The smallest absolute Gasteiger partial charge is 0.243 e. The average molecular weight is 480 g/mol. The number of likely N-dealkylation sites (tertiary alicyclic amines) is 1. The zero-order valence-electron chi connectivity index (χ0n) is 19.7. The van der Waals surface area contributed by atoms with Crippen LogP contribution in [0.4, 0.5) is 4.39 Å². The molecule has 184 valence electrons. The van der Waals surface area contributed by atoms with Crippen molar-refractivity contribution in [3.05, 3.63) is 65.9 Å². The van der Waals surface area contributed by atoms with Crippen LogP contribution in [0.15, 0.2) is 54.7 Å². The second-order valence-electron chi connectivity index (χ2n) is 9.06. The highest BCUT2D eigenvalue weighted by Gasteiger charge is 2.39. The lowest BCUT2D eigenvalue weighted by molar-refractivity contribution is -0.138. The van der Waals surface area contributed by atoms with Crippen LogP contribution < -0.4 is 5.32 Å². The maximum absolute atomic E-state index is 14.3. The summed E-state index contributed by atoms with van der Waals surface area (Å²) >= 11 is 0. The van der Waals surface area contributed by atoms with Crippen LogP contribution >= 0.6 is 0 Å². The summed E-state index contributed by atoms with van der Waals surface area (Å²) in [6.07, 6.45) is 2.89. The van der Waals surface area contributed by atoms with Crippen molar-refractivity contribution in [2.75, 3.05) is 13.1 Å². The van der Waals surface area contributed by atoms with E-state index >= 15 is 0 Å². The maximum Gasteiger partial charge on any atom is 0.243 e. The van der Waals surface area contributed by atoms with E-state index in [0.29, 0.717) is 23.0 Å². The van der Waals surface area contributed by atoms with E-state index in [1.54, 1.807) is 16.8 Å². The number of aromatic hydroxyl groups is 1. The molecule has 0 saturated carbocycles. The van der Waals surface area contributed by atoms with Crippen LogP contribution in [-0.4, -0.2) is 57.5 Å². The third kappa shape index (κ3) is 5.70. The first-order chi connectivity index (χ1) is 16.8. The predicted molar refractivity (Wildman–Crippen MR) is 131 cm³/mol. The molecule has 4 rings (SSSR count). The zero-order chi connectivity index (χ0) is 24.9. The van der Waals surface area contributed by atoms with Crippen molar-refractivity contribution in [2.45, 2.75) is 51.4 Å². The molecular formula is C27H30FN3O4. The molecule has 0 aliphatic carbocycles. The molecule has 2 N–H and O–H groups in total. The number of phenolic OH excluding ortho intramolecular Hbond substituents is 1. The van der Waals surface area contributed by atoms with Crippen LogP contribution in [-0.2, 0) is 22.6 Å². The number of rotatable bonds is 9. The van der Waals surface area contributed by atoms with E-state index in [1.165, 1.54) is 29.5 Å². The van der Waals surface area contributed by atoms with Gasteiger partial charge in [-0.2, -0.15) is 0 Å². The van der Waals surface area contributed by atoms with Crippen molar-refractivity contribution in [2.24, 2.45) is 0 Å². The summed E-state index contributed by atoms with van der Waals surface area (Å²) in [5.41, 5.74) is 2.24. The molecule has 1 aliphatic rings. The molecule has 2 heterocycles. The van der Waals surface area contributed by atoms with Gasteiger partial charge in [0.25, 0.3) is 0 Å². The van der Waals surface area contributed by atoms with Gasteiger partial charge in [-0.25, -0.2) is 4.39 Å². The Morgan fingerprint density at radius 3 is 2.63 bits per heavy atom. The van der Waals surface area contributed by atoms with Crippen molar-refractivity contribution in [1.82, 2.24) is 14.8 Å². The van der Waals surface area contributed by atoms with Gasteiger partial charge in [0.05, 0.1) is 6.54 Å². The number of unbranched alkanes of at least 4 members (excludes halogenated alkanes) is 1. The number of hydrogen-bond donors (Lipinski definition) is 2. The number of amides is 2. The van der Waals surface area contributed by atoms with Crippen molar-refractivity contribution < 1.29 is 23.9 Å². The summed E-state index contributed by atoms with van der Waals surface area (Å²) < 4.78 is 15.9. The highest BCUT2D eigenvalue weighted by Crippen LogP contribution is 2.27. The van der Waals surface area contributed by atoms with Gasteiger partial charge in [-0.15, -0.1) is 0 Å². The number of aryl methyl sites for hydroxylation is 1. The maximum atomic E-state index is 14.3. The van der Waals surface area contributed by atoms with Crippen LogP contribution in [0, 0.1) is 0 Å². The molecule has 0 spiro atoms. The second-order valence-corrected chi connectivity index (χ2v) is 9.06. The fraction of sp³-hybridized carbons (Fsp3) is 0.370. The van der Waals surface area contributed by atoms with Gasteiger partial charge in [-0.05, 0) is 49.9 Å². The Morgan fingerprint density at radius 1 is 1.11 bits per heavy atom. The lowest BCUT2D eigenvalue weighted by atomic mass is 10.1. The first-order valence-corrected chi connectivity index (χ1v) is 11.9. The van der Waals surface area contributed by atoms with Crippen molar-refractivity contribution >= 4 is 28.5 Å². The van der Waals surface area contributed by atoms with Gasteiger partial charge >= 0.3 is 0 Å². The molecule has 2 amide bonds. The summed E-state index contributed by atoms with van der Waals surface area (Å²) in [6.45, 7) is 1.61. The van der Waals surface area contributed by atoms with E-state index in [1.807, 2.05) is 18.2 Å². The number of aromatic nitrogens is 1. The Balaban J connectivity index is 1.37. The third-order valence-corrected chi connectivity index (χ3v) is 6.46. The SMILES string of the molecule is CC(=O)c1cn(CC(=O)N2C[C@H](F)C[C@H]2C(=O)NCCCCc2ccccc2)c2ccc(O)cc12. The molecule has 35 heavy (non-hydrogen) atoms. The van der Waals surface area contributed by atoms with Crippen molar-refractivity contribution in [3.63, 3.8) is 0 Å². The third-order valence-electron chi connectivity index (χ3n) is 6.46. The Kier molecular flexibility index (Phi) is 7.48. The first-order valence-electron chi connectivity index (χ1n) is 11.9. The molecular weight excluding hydrogens is 449 g/mol. The van der Waals surface area contributed by atoms with E-state index in [2.05, 4.69) is 17.4 Å². The Labute approximate surface area is 203 Å². The molecule has 0 bridgehead atoms. The Bertz CT molecular complexity index is 1220. The van der Waals surface area contributed by atoms with Gasteiger partial charge in [0.15, 0.2) is 5.78 Å². The summed E-state index contributed by atoms with van der Waals surface area (Å²) in [5.74, 6) is -0.912. The largest absolute Gasteiger partial charge is 0.508 e. The zero-order valence-corrected chi connectivity index (χ0v) is 19.7.